The normalized spacial score (nSPS) is 19.2. The maximum Gasteiger partial charge on any atom is 0.411 e. The van der Waals surface area contributed by atoms with Crippen LogP contribution in [-0.2, 0) is 16.1 Å². The van der Waals surface area contributed by atoms with E-state index in [1.807, 2.05) is 4.90 Å². The van der Waals surface area contributed by atoms with Gasteiger partial charge in [0.25, 0.3) is 0 Å². The largest absolute Gasteiger partial charge is 0.480 e. The van der Waals surface area contributed by atoms with Gasteiger partial charge in [-0.15, -0.1) is 0 Å². The summed E-state index contributed by atoms with van der Waals surface area (Å²) in [7, 11) is 0. The van der Waals surface area contributed by atoms with Crippen molar-refractivity contribution < 1.29 is 23.8 Å². The van der Waals surface area contributed by atoms with Gasteiger partial charge in [0.2, 0.25) is 0 Å². The van der Waals surface area contributed by atoms with Gasteiger partial charge in [0.15, 0.2) is 0 Å². The Morgan fingerprint density at radius 2 is 1.88 bits per heavy atom. The molecular weight excluding hydrogens is 315 g/mol. The molecule has 1 N–H and O–H groups in total. The number of ether oxygens (including phenoxy) is 1. The molecule has 0 aromatic heterocycles. The average Bonchev–Trinajstić information content (AvgIpc) is 2.47. The van der Waals surface area contributed by atoms with Gasteiger partial charge in [0, 0.05) is 26.2 Å². The van der Waals surface area contributed by atoms with Crippen molar-refractivity contribution in [1.29, 1.82) is 0 Å². The number of benzene rings is 1. The number of carboxylic acids is 1. The first kappa shape index (κ1) is 18.2. The molecule has 1 aromatic rings. The first-order valence-corrected chi connectivity index (χ1v) is 7.85. The van der Waals surface area contributed by atoms with Crippen LogP contribution in [0.2, 0.25) is 0 Å². The van der Waals surface area contributed by atoms with Crippen LogP contribution in [0.3, 0.4) is 0 Å². The van der Waals surface area contributed by atoms with Crippen molar-refractivity contribution in [2.45, 2.75) is 39.0 Å². The van der Waals surface area contributed by atoms with Crippen LogP contribution in [0.25, 0.3) is 0 Å². The Bertz CT molecular complexity index is 598. The molecule has 1 amide bonds. The minimum atomic E-state index is -1.07. The van der Waals surface area contributed by atoms with Crippen molar-refractivity contribution in [3.05, 3.63) is 35.6 Å². The Hall–Kier alpha value is -2.15. The summed E-state index contributed by atoms with van der Waals surface area (Å²) in [5.41, 5.74) is 0.219. The third-order valence-corrected chi connectivity index (χ3v) is 3.70. The van der Waals surface area contributed by atoms with Crippen LogP contribution in [0, 0.1) is 5.82 Å². The summed E-state index contributed by atoms with van der Waals surface area (Å²) in [6, 6.07) is 5.13. The highest BCUT2D eigenvalue weighted by atomic mass is 19.1. The number of hydrogen-bond donors (Lipinski definition) is 1. The van der Waals surface area contributed by atoms with E-state index in [1.165, 1.54) is 17.0 Å². The molecule has 1 saturated heterocycles. The molecule has 1 fully saturated rings. The summed E-state index contributed by atoms with van der Waals surface area (Å²) >= 11 is 0. The number of piperazine rings is 1. The molecule has 1 aromatic carbocycles. The fraction of sp³-hybridized carbons (Fsp3) is 0.529. The van der Waals surface area contributed by atoms with Crippen molar-refractivity contribution in [3.63, 3.8) is 0 Å². The molecule has 1 aliphatic rings. The van der Waals surface area contributed by atoms with Crippen molar-refractivity contribution in [3.8, 4) is 0 Å². The van der Waals surface area contributed by atoms with E-state index in [-0.39, 0.29) is 18.9 Å². The van der Waals surface area contributed by atoms with E-state index >= 15 is 0 Å². The van der Waals surface area contributed by atoms with Crippen LogP contribution >= 0.6 is 0 Å². The maximum absolute atomic E-state index is 13.0. The molecule has 1 aliphatic heterocycles. The van der Waals surface area contributed by atoms with E-state index < -0.39 is 23.7 Å². The van der Waals surface area contributed by atoms with Gasteiger partial charge in [-0.3, -0.25) is 9.80 Å². The molecule has 0 spiro atoms. The van der Waals surface area contributed by atoms with Crippen molar-refractivity contribution in [2.24, 2.45) is 0 Å². The fourth-order valence-corrected chi connectivity index (χ4v) is 2.58. The standard InChI is InChI=1S/C17H23FN2O4/c1-17(2,3)24-16(23)20-9-8-19(11-14(20)15(21)22)10-12-4-6-13(18)7-5-12/h4-7,14H,8-11H2,1-3H3,(H,21,22)/t14-/m0/s1. The Morgan fingerprint density at radius 1 is 1.25 bits per heavy atom. The SMILES string of the molecule is CC(C)(C)OC(=O)N1CCN(Cc2ccc(F)cc2)C[C@H]1C(=O)O. The lowest BCUT2D eigenvalue weighted by Gasteiger charge is -2.39. The van der Waals surface area contributed by atoms with Crippen LogP contribution in [0.4, 0.5) is 9.18 Å². The molecule has 0 aliphatic carbocycles. The van der Waals surface area contributed by atoms with Gasteiger partial charge >= 0.3 is 12.1 Å². The van der Waals surface area contributed by atoms with Gasteiger partial charge in [-0.2, -0.15) is 0 Å². The highest BCUT2D eigenvalue weighted by Crippen LogP contribution is 2.18. The lowest BCUT2D eigenvalue weighted by Crippen LogP contribution is -2.58. The number of amides is 1. The van der Waals surface area contributed by atoms with E-state index in [1.54, 1.807) is 32.9 Å². The number of carboxylic acid groups (broad SMARTS) is 1. The summed E-state index contributed by atoms with van der Waals surface area (Å²) in [5, 5.41) is 9.45. The monoisotopic (exact) mass is 338 g/mol. The van der Waals surface area contributed by atoms with Crippen LogP contribution in [0.5, 0.6) is 0 Å². The zero-order chi connectivity index (χ0) is 17.9. The summed E-state index contributed by atoms with van der Waals surface area (Å²) in [4.78, 5) is 27.0. The van der Waals surface area contributed by atoms with E-state index in [0.29, 0.717) is 13.1 Å². The van der Waals surface area contributed by atoms with Gasteiger partial charge in [-0.05, 0) is 38.5 Å². The number of aliphatic carboxylic acids is 1. The molecule has 0 bridgehead atoms. The zero-order valence-electron chi connectivity index (χ0n) is 14.2. The fourth-order valence-electron chi connectivity index (χ4n) is 2.58. The summed E-state index contributed by atoms with van der Waals surface area (Å²) in [6.45, 7) is 6.73. The Kier molecular flexibility index (Phi) is 5.43. The second-order valence-electron chi connectivity index (χ2n) is 6.89. The molecule has 0 saturated carbocycles. The zero-order valence-corrected chi connectivity index (χ0v) is 14.2. The van der Waals surface area contributed by atoms with E-state index in [4.69, 9.17) is 4.74 Å². The first-order chi connectivity index (χ1) is 11.2. The minimum absolute atomic E-state index is 0.200. The topological polar surface area (TPSA) is 70.1 Å². The smallest absolute Gasteiger partial charge is 0.411 e. The van der Waals surface area contributed by atoms with Crippen LogP contribution in [0.1, 0.15) is 26.3 Å². The van der Waals surface area contributed by atoms with Gasteiger partial charge in [-0.25, -0.2) is 14.0 Å². The summed E-state index contributed by atoms with van der Waals surface area (Å²) in [6.07, 6.45) is -0.615. The molecule has 7 heteroatoms. The number of nitrogens with zero attached hydrogens (tertiary/aromatic N) is 2. The van der Waals surface area contributed by atoms with E-state index in [0.717, 1.165) is 5.56 Å². The molecule has 132 valence electrons. The number of hydrogen-bond acceptors (Lipinski definition) is 4. The maximum atomic E-state index is 13.0. The number of rotatable bonds is 3. The van der Waals surface area contributed by atoms with Gasteiger partial charge in [0.05, 0.1) is 0 Å². The summed E-state index contributed by atoms with van der Waals surface area (Å²) in [5.74, 6) is -1.37. The van der Waals surface area contributed by atoms with Gasteiger partial charge < -0.3 is 9.84 Å². The second kappa shape index (κ2) is 7.17. The molecule has 1 atom stereocenters. The lowest BCUT2D eigenvalue weighted by molar-refractivity contribution is -0.145. The van der Waals surface area contributed by atoms with E-state index in [2.05, 4.69) is 0 Å². The Labute approximate surface area is 140 Å². The third-order valence-electron chi connectivity index (χ3n) is 3.70. The number of halogens is 1. The minimum Gasteiger partial charge on any atom is -0.480 e. The lowest BCUT2D eigenvalue weighted by atomic mass is 10.1. The van der Waals surface area contributed by atoms with Crippen molar-refractivity contribution in [1.82, 2.24) is 9.80 Å². The van der Waals surface area contributed by atoms with Crippen LogP contribution < -0.4 is 0 Å². The summed E-state index contributed by atoms with van der Waals surface area (Å²) < 4.78 is 18.2. The third kappa shape index (κ3) is 4.92. The van der Waals surface area contributed by atoms with Crippen LogP contribution in [0.15, 0.2) is 24.3 Å². The van der Waals surface area contributed by atoms with Gasteiger partial charge in [-0.1, -0.05) is 12.1 Å². The number of carbonyl (C=O) groups is 2. The van der Waals surface area contributed by atoms with Crippen molar-refractivity contribution in [2.75, 3.05) is 19.6 Å². The quantitative estimate of drug-likeness (QED) is 0.916. The molecule has 1 heterocycles. The molecule has 24 heavy (non-hydrogen) atoms. The predicted octanol–water partition coefficient (Wildman–Crippen LogP) is 2.33. The molecule has 0 radical (unpaired) electrons. The molecular formula is C17H23FN2O4. The highest BCUT2D eigenvalue weighted by molar-refractivity contribution is 5.80. The van der Waals surface area contributed by atoms with E-state index in [9.17, 15) is 19.1 Å². The highest BCUT2D eigenvalue weighted by Gasteiger charge is 2.37. The average molecular weight is 338 g/mol. The van der Waals surface area contributed by atoms with Crippen LogP contribution in [-0.4, -0.2) is 58.2 Å². The van der Waals surface area contributed by atoms with Crippen molar-refractivity contribution >= 4 is 12.1 Å². The first-order valence-electron chi connectivity index (χ1n) is 7.85. The second-order valence-corrected chi connectivity index (χ2v) is 6.89. The predicted molar refractivity (Wildman–Crippen MR) is 86.0 cm³/mol. The molecule has 6 nitrogen and oxygen atoms in total. The number of carbonyl (C=O) groups excluding carboxylic acids is 1. The Balaban J connectivity index is 2.03. The Morgan fingerprint density at radius 3 is 2.42 bits per heavy atom. The molecule has 2 rings (SSSR count). The molecule has 0 unspecified atom stereocenters. The van der Waals surface area contributed by atoms with Gasteiger partial charge in [0.1, 0.15) is 17.5 Å².